The minimum Gasteiger partial charge on any atom is -0.462 e. The summed E-state index contributed by atoms with van der Waals surface area (Å²) in [7, 11) is 0. The van der Waals surface area contributed by atoms with E-state index in [4.69, 9.17) is 21.7 Å². The summed E-state index contributed by atoms with van der Waals surface area (Å²) in [5.74, 6) is 0.146. The number of hydrogen-bond acceptors (Lipinski definition) is 5. The van der Waals surface area contributed by atoms with Crippen LogP contribution in [-0.4, -0.2) is 48.9 Å². The monoisotopic (exact) mass is 368 g/mol. The van der Waals surface area contributed by atoms with Gasteiger partial charge in [0.15, 0.2) is 5.11 Å². The maximum Gasteiger partial charge on any atom is 0.341 e. The Morgan fingerprint density at radius 2 is 2.21 bits per heavy atom. The number of rotatable bonds is 3. The second-order valence-corrected chi connectivity index (χ2v) is 7.68. The molecule has 1 N–H and O–H groups in total. The van der Waals surface area contributed by atoms with Crippen molar-refractivity contribution >= 4 is 39.6 Å². The summed E-state index contributed by atoms with van der Waals surface area (Å²) in [6.07, 6.45) is 3.32. The fraction of sp³-hybridized carbons (Fsp3) is 0.647. The lowest BCUT2D eigenvalue weighted by atomic mass is 9.86. The van der Waals surface area contributed by atoms with Crippen LogP contribution in [0.3, 0.4) is 0 Å². The first-order valence-corrected chi connectivity index (χ1v) is 9.80. The molecule has 3 rings (SSSR count). The van der Waals surface area contributed by atoms with Crippen LogP contribution in [0.1, 0.15) is 53.4 Å². The van der Waals surface area contributed by atoms with Crippen molar-refractivity contribution in [1.82, 2.24) is 4.90 Å². The number of thiocarbonyl (C=S) groups is 1. The minimum absolute atomic E-state index is 0.240. The van der Waals surface area contributed by atoms with Gasteiger partial charge in [-0.2, -0.15) is 0 Å². The molecule has 1 aliphatic heterocycles. The SMILES string of the molecule is CCOC(=O)c1c(NC(=S)N2CCOCC2)sc2c1C(C)CCC2. The highest BCUT2D eigenvalue weighted by Crippen LogP contribution is 2.43. The van der Waals surface area contributed by atoms with Gasteiger partial charge in [0, 0.05) is 18.0 Å². The van der Waals surface area contributed by atoms with Crippen LogP contribution in [0.25, 0.3) is 0 Å². The molecule has 2 aliphatic rings. The van der Waals surface area contributed by atoms with E-state index in [1.54, 1.807) is 11.3 Å². The molecule has 0 saturated carbocycles. The molecule has 132 valence electrons. The number of carbonyl (C=O) groups excluding carboxylic acids is 1. The Labute approximate surface area is 152 Å². The van der Waals surface area contributed by atoms with Gasteiger partial charge in [-0.05, 0) is 49.9 Å². The highest BCUT2D eigenvalue weighted by molar-refractivity contribution is 7.80. The zero-order valence-corrected chi connectivity index (χ0v) is 15.9. The van der Waals surface area contributed by atoms with Gasteiger partial charge in [-0.3, -0.25) is 0 Å². The molecule has 2 heterocycles. The number of esters is 1. The van der Waals surface area contributed by atoms with Crippen LogP contribution in [0.4, 0.5) is 5.00 Å². The van der Waals surface area contributed by atoms with E-state index in [2.05, 4.69) is 17.1 Å². The van der Waals surface area contributed by atoms with E-state index in [0.717, 1.165) is 36.5 Å². The summed E-state index contributed by atoms with van der Waals surface area (Å²) in [6, 6.07) is 0. The largest absolute Gasteiger partial charge is 0.462 e. The third kappa shape index (κ3) is 3.58. The van der Waals surface area contributed by atoms with Crippen molar-refractivity contribution in [1.29, 1.82) is 0 Å². The number of hydrogen-bond donors (Lipinski definition) is 1. The molecule has 0 bridgehead atoms. The second kappa shape index (κ2) is 7.80. The maximum absolute atomic E-state index is 12.6. The molecule has 0 aromatic carbocycles. The Kier molecular flexibility index (Phi) is 5.73. The molecule has 5 nitrogen and oxygen atoms in total. The van der Waals surface area contributed by atoms with Crippen molar-refractivity contribution in [2.45, 2.75) is 39.0 Å². The third-order valence-electron chi connectivity index (χ3n) is 4.55. The molecule has 1 aromatic rings. The van der Waals surface area contributed by atoms with Crippen LogP contribution >= 0.6 is 23.6 Å². The lowest BCUT2D eigenvalue weighted by molar-refractivity contribution is 0.0526. The number of aryl methyl sites for hydroxylation is 1. The molecule has 7 heteroatoms. The number of carbonyl (C=O) groups is 1. The molecule has 1 atom stereocenters. The van der Waals surface area contributed by atoms with Gasteiger partial charge in [0.25, 0.3) is 0 Å². The first-order valence-electron chi connectivity index (χ1n) is 8.58. The minimum atomic E-state index is -0.240. The van der Waals surface area contributed by atoms with Crippen LogP contribution < -0.4 is 5.32 Å². The quantitative estimate of drug-likeness (QED) is 0.652. The molecular weight excluding hydrogens is 344 g/mol. The summed E-state index contributed by atoms with van der Waals surface area (Å²) in [6.45, 7) is 7.34. The van der Waals surface area contributed by atoms with Gasteiger partial charge >= 0.3 is 5.97 Å². The van der Waals surface area contributed by atoms with Gasteiger partial charge in [0.05, 0.1) is 25.4 Å². The zero-order chi connectivity index (χ0) is 17.1. The van der Waals surface area contributed by atoms with Crippen LogP contribution in [0.5, 0.6) is 0 Å². The summed E-state index contributed by atoms with van der Waals surface area (Å²) >= 11 is 7.21. The number of nitrogens with zero attached hydrogens (tertiary/aromatic N) is 1. The lowest BCUT2D eigenvalue weighted by Crippen LogP contribution is -2.42. The van der Waals surface area contributed by atoms with E-state index in [0.29, 0.717) is 36.4 Å². The average Bonchev–Trinajstić information content (AvgIpc) is 2.95. The van der Waals surface area contributed by atoms with Gasteiger partial charge in [-0.15, -0.1) is 11.3 Å². The van der Waals surface area contributed by atoms with E-state index in [1.807, 2.05) is 6.92 Å². The van der Waals surface area contributed by atoms with Crippen molar-refractivity contribution in [3.8, 4) is 0 Å². The van der Waals surface area contributed by atoms with Gasteiger partial charge in [-0.1, -0.05) is 6.92 Å². The predicted octanol–water partition coefficient (Wildman–Crippen LogP) is 3.39. The second-order valence-electron chi connectivity index (χ2n) is 6.19. The van der Waals surface area contributed by atoms with E-state index in [-0.39, 0.29) is 5.97 Å². The van der Waals surface area contributed by atoms with E-state index < -0.39 is 0 Å². The first kappa shape index (κ1) is 17.6. The number of nitrogens with one attached hydrogen (secondary N) is 1. The molecule has 1 aliphatic carbocycles. The topological polar surface area (TPSA) is 50.8 Å². The fourth-order valence-corrected chi connectivity index (χ4v) is 5.05. The third-order valence-corrected chi connectivity index (χ3v) is 6.10. The Balaban J connectivity index is 1.88. The highest BCUT2D eigenvalue weighted by atomic mass is 32.1. The Bertz CT molecular complexity index is 624. The fourth-order valence-electron chi connectivity index (χ4n) is 3.35. The standard InChI is InChI=1S/C17H24N2O3S2/c1-3-22-16(20)14-13-11(2)5-4-6-12(13)24-15(14)18-17(23)19-7-9-21-10-8-19/h11H,3-10H2,1-2H3,(H,18,23). The van der Waals surface area contributed by atoms with Crippen LogP contribution in [0, 0.1) is 0 Å². The predicted molar refractivity (Wildman–Crippen MR) is 100 cm³/mol. The van der Waals surface area contributed by atoms with E-state index >= 15 is 0 Å². The summed E-state index contributed by atoms with van der Waals surface area (Å²) < 4.78 is 10.7. The number of thiophene rings is 1. The number of fused-ring (bicyclic) bond motifs is 1. The van der Waals surface area contributed by atoms with Crippen molar-refractivity contribution in [2.75, 3.05) is 38.2 Å². The van der Waals surface area contributed by atoms with Crippen LogP contribution in [-0.2, 0) is 15.9 Å². The molecule has 1 saturated heterocycles. The molecule has 24 heavy (non-hydrogen) atoms. The van der Waals surface area contributed by atoms with E-state index in [9.17, 15) is 4.79 Å². The van der Waals surface area contributed by atoms with Gasteiger partial charge in [0.2, 0.25) is 0 Å². The summed E-state index contributed by atoms with van der Waals surface area (Å²) in [5.41, 5.74) is 1.86. The summed E-state index contributed by atoms with van der Waals surface area (Å²) in [4.78, 5) is 16.0. The Morgan fingerprint density at radius 1 is 1.46 bits per heavy atom. The maximum atomic E-state index is 12.6. The van der Waals surface area contributed by atoms with Crippen molar-refractivity contribution in [3.63, 3.8) is 0 Å². The van der Waals surface area contributed by atoms with Gasteiger partial charge < -0.3 is 19.7 Å². The van der Waals surface area contributed by atoms with E-state index in [1.165, 1.54) is 11.3 Å². The molecule has 1 unspecified atom stereocenters. The number of morpholine rings is 1. The van der Waals surface area contributed by atoms with Crippen molar-refractivity contribution < 1.29 is 14.3 Å². The van der Waals surface area contributed by atoms with Crippen molar-refractivity contribution in [3.05, 3.63) is 16.0 Å². The zero-order valence-electron chi connectivity index (χ0n) is 14.2. The molecular formula is C17H24N2O3S2. The smallest absolute Gasteiger partial charge is 0.341 e. The first-order chi connectivity index (χ1) is 11.6. The van der Waals surface area contributed by atoms with Crippen LogP contribution in [0.2, 0.25) is 0 Å². The van der Waals surface area contributed by atoms with Crippen LogP contribution in [0.15, 0.2) is 0 Å². The average molecular weight is 369 g/mol. The highest BCUT2D eigenvalue weighted by Gasteiger charge is 2.31. The normalized spacial score (nSPS) is 20.4. The number of ether oxygens (including phenoxy) is 2. The molecule has 1 aromatic heterocycles. The van der Waals surface area contributed by atoms with Crippen molar-refractivity contribution in [2.24, 2.45) is 0 Å². The Morgan fingerprint density at radius 3 is 2.92 bits per heavy atom. The Hall–Kier alpha value is -1.18. The van der Waals surface area contributed by atoms with Gasteiger partial charge in [-0.25, -0.2) is 4.79 Å². The van der Waals surface area contributed by atoms with Gasteiger partial charge in [0.1, 0.15) is 5.00 Å². The molecule has 1 fully saturated rings. The molecule has 0 amide bonds. The summed E-state index contributed by atoms with van der Waals surface area (Å²) in [5, 5.41) is 4.82. The molecule has 0 radical (unpaired) electrons. The number of anilines is 1. The molecule has 0 spiro atoms. The lowest BCUT2D eigenvalue weighted by Gasteiger charge is -2.29.